The normalized spacial score (nSPS) is 15.3. The van der Waals surface area contributed by atoms with Crippen molar-refractivity contribution in [2.75, 3.05) is 48.6 Å². The van der Waals surface area contributed by atoms with Crippen LogP contribution in [0.2, 0.25) is 0 Å². The van der Waals surface area contributed by atoms with Gasteiger partial charge in [0.05, 0.1) is 18.0 Å². The number of aromatic hydroxyl groups is 1. The number of amides is 1. The van der Waals surface area contributed by atoms with Gasteiger partial charge in [0.25, 0.3) is 5.91 Å². The number of nitrogens with zero attached hydrogens (tertiary/aromatic N) is 1. The molecule has 2 aromatic carbocycles. The Morgan fingerprint density at radius 2 is 1.78 bits per heavy atom. The zero-order valence-electron chi connectivity index (χ0n) is 20.0. The first-order valence-corrected chi connectivity index (χ1v) is 13.5. The van der Waals surface area contributed by atoms with Crippen molar-refractivity contribution < 1.29 is 33.3 Å². The van der Waals surface area contributed by atoms with Crippen LogP contribution in [0, 0.1) is 5.92 Å². The van der Waals surface area contributed by atoms with Crippen molar-refractivity contribution >= 4 is 33.3 Å². The lowest BCUT2D eigenvalue weighted by molar-refractivity contribution is -0.135. The minimum Gasteiger partial charge on any atom is -0.506 e. The van der Waals surface area contributed by atoms with E-state index >= 15 is 0 Å². The molecule has 3 rings (SSSR count). The first-order valence-electron chi connectivity index (χ1n) is 11.6. The molecule has 0 bridgehead atoms. The maximum absolute atomic E-state index is 12.0. The number of hydrogen-bond acceptors (Lipinski definition) is 8. The van der Waals surface area contributed by atoms with Crippen molar-refractivity contribution in [3.63, 3.8) is 0 Å². The van der Waals surface area contributed by atoms with Crippen LogP contribution in [0.3, 0.4) is 0 Å². The lowest BCUT2D eigenvalue weighted by Gasteiger charge is -2.34. The first kappa shape index (κ1) is 27.2. The number of carboxylic acids is 1. The monoisotopic (exact) mass is 520 g/mol. The fourth-order valence-electron chi connectivity index (χ4n) is 4.06. The van der Waals surface area contributed by atoms with Crippen molar-refractivity contribution in [1.82, 2.24) is 10.6 Å². The highest BCUT2D eigenvalue weighted by Crippen LogP contribution is 2.28. The number of carbonyl (C=O) groups excluding carboxylic acids is 1. The molecule has 0 saturated carbocycles. The van der Waals surface area contributed by atoms with Gasteiger partial charge in [-0.1, -0.05) is 6.07 Å². The molecule has 1 aliphatic heterocycles. The molecule has 1 amide bonds. The molecule has 0 radical (unpaired) electrons. The van der Waals surface area contributed by atoms with Crippen LogP contribution in [0.25, 0.3) is 0 Å². The lowest BCUT2D eigenvalue weighted by atomic mass is 9.96. The predicted molar refractivity (Wildman–Crippen MR) is 136 cm³/mol. The summed E-state index contributed by atoms with van der Waals surface area (Å²) in [6.07, 6.45) is 2.02. The molecule has 1 aliphatic rings. The molecule has 2 aromatic rings. The number of aliphatic hydroxyl groups is 1. The number of phenols is 1. The van der Waals surface area contributed by atoms with E-state index in [-0.39, 0.29) is 18.0 Å². The Hall–Kier alpha value is -3.35. The summed E-state index contributed by atoms with van der Waals surface area (Å²) < 4.78 is 25.1. The van der Waals surface area contributed by atoms with E-state index in [2.05, 4.69) is 20.3 Å². The van der Waals surface area contributed by atoms with Crippen LogP contribution in [-0.2, 0) is 14.8 Å². The second kappa shape index (κ2) is 12.1. The van der Waals surface area contributed by atoms with Crippen LogP contribution < -0.4 is 20.3 Å². The van der Waals surface area contributed by atoms with Gasteiger partial charge in [0, 0.05) is 30.9 Å². The van der Waals surface area contributed by atoms with Gasteiger partial charge in [-0.25, -0.2) is 8.42 Å². The van der Waals surface area contributed by atoms with Crippen LogP contribution >= 0.6 is 0 Å². The van der Waals surface area contributed by atoms with Crippen molar-refractivity contribution in [1.29, 1.82) is 0 Å². The smallest absolute Gasteiger partial charge is 0.322 e. The number of phenolic OH excluding ortho intramolecular Hbond substituents is 1. The van der Waals surface area contributed by atoms with Gasteiger partial charge in [-0.3, -0.25) is 14.3 Å². The molecule has 0 aliphatic carbocycles. The third-order valence-corrected chi connectivity index (χ3v) is 6.57. The van der Waals surface area contributed by atoms with Crippen LogP contribution in [0.1, 0.15) is 34.9 Å². The van der Waals surface area contributed by atoms with Gasteiger partial charge >= 0.3 is 5.97 Å². The number of carboxylic acid groups (broad SMARTS) is 1. The summed E-state index contributed by atoms with van der Waals surface area (Å²) in [6.45, 7) is 2.28. The fraction of sp³-hybridized carbons (Fsp3) is 0.417. The van der Waals surface area contributed by atoms with Gasteiger partial charge in [0.15, 0.2) is 0 Å². The van der Waals surface area contributed by atoms with Crippen LogP contribution in [0.15, 0.2) is 42.5 Å². The molecule has 1 saturated heterocycles. The highest BCUT2D eigenvalue weighted by atomic mass is 32.2. The molecule has 0 spiro atoms. The number of hydrogen-bond donors (Lipinski definition) is 6. The van der Waals surface area contributed by atoms with Gasteiger partial charge < -0.3 is 30.9 Å². The number of aliphatic hydroxyl groups excluding tert-OH is 1. The predicted octanol–water partition coefficient (Wildman–Crippen LogP) is 1.12. The molecule has 0 unspecified atom stereocenters. The number of rotatable bonds is 11. The summed E-state index contributed by atoms with van der Waals surface area (Å²) in [5.74, 6) is -1.31. The van der Waals surface area contributed by atoms with Gasteiger partial charge in [0.1, 0.15) is 12.3 Å². The SMILES string of the molecule is CS(=O)(=O)Nc1cc([C@@H](O)CNCC2CCN(c3ccc(C(=O)NCC(=O)O)cc3)CC2)ccc1O. The van der Waals surface area contributed by atoms with E-state index in [4.69, 9.17) is 5.11 Å². The molecule has 11 nitrogen and oxygen atoms in total. The average molecular weight is 521 g/mol. The van der Waals surface area contributed by atoms with Gasteiger partial charge in [0.2, 0.25) is 10.0 Å². The van der Waals surface area contributed by atoms with Crippen molar-refractivity contribution in [3.8, 4) is 5.75 Å². The lowest BCUT2D eigenvalue weighted by Crippen LogP contribution is -2.38. The summed E-state index contributed by atoms with van der Waals surface area (Å²) in [5, 5.41) is 34.6. The second-order valence-corrected chi connectivity index (χ2v) is 10.6. The van der Waals surface area contributed by atoms with Gasteiger partial charge in [-0.05, 0) is 67.3 Å². The second-order valence-electron chi connectivity index (χ2n) is 8.88. The highest BCUT2D eigenvalue weighted by molar-refractivity contribution is 7.92. The van der Waals surface area contributed by atoms with Crippen molar-refractivity contribution in [2.45, 2.75) is 18.9 Å². The molecule has 1 heterocycles. The Balaban J connectivity index is 1.43. The highest BCUT2D eigenvalue weighted by Gasteiger charge is 2.20. The Morgan fingerprint density at radius 3 is 2.39 bits per heavy atom. The molecule has 36 heavy (non-hydrogen) atoms. The minimum atomic E-state index is -3.56. The van der Waals surface area contributed by atoms with E-state index in [0.717, 1.165) is 44.4 Å². The average Bonchev–Trinajstić information content (AvgIpc) is 2.83. The number of anilines is 2. The zero-order chi connectivity index (χ0) is 26.3. The fourth-order valence-corrected chi connectivity index (χ4v) is 4.62. The molecule has 0 aromatic heterocycles. The summed E-state index contributed by atoms with van der Waals surface area (Å²) in [5.41, 5.74) is 1.92. The summed E-state index contributed by atoms with van der Waals surface area (Å²) in [6, 6.07) is 11.4. The first-order chi connectivity index (χ1) is 17.0. The quantitative estimate of drug-likeness (QED) is 0.238. The molecular weight excluding hydrogens is 488 g/mol. The zero-order valence-corrected chi connectivity index (χ0v) is 20.8. The van der Waals surface area contributed by atoms with E-state index in [0.29, 0.717) is 17.0 Å². The molecule has 12 heteroatoms. The Bertz CT molecular complexity index is 1160. The molecule has 1 fully saturated rings. The standard InChI is InChI=1S/C24H32N4O7S/c1-36(34,35)27-20-12-18(4-7-21(20)29)22(30)14-25-13-16-8-10-28(11-9-16)19-5-2-17(3-6-19)24(33)26-15-23(31)32/h2-7,12,16,22,25,27,29-30H,8-11,13-15H2,1H3,(H,26,33)(H,31,32)/t22-/m0/s1. The van der Waals surface area contributed by atoms with E-state index < -0.39 is 34.5 Å². The van der Waals surface area contributed by atoms with Crippen LogP contribution in [0.5, 0.6) is 5.75 Å². The Labute approximate surface area is 210 Å². The number of aliphatic carboxylic acids is 1. The molecule has 1 atom stereocenters. The molecule has 6 N–H and O–H groups in total. The largest absolute Gasteiger partial charge is 0.506 e. The van der Waals surface area contributed by atoms with E-state index in [1.54, 1.807) is 18.2 Å². The van der Waals surface area contributed by atoms with Gasteiger partial charge in [-0.15, -0.1) is 0 Å². The Morgan fingerprint density at radius 1 is 1.11 bits per heavy atom. The minimum absolute atomic E-state index is 0.0235. The molecule has 196 valence electrons. The molecular formula is C24H32N4O7S. The number of benzene rings is 2. The number of carbonyl (C=O) groups is 2. The van der Waals surface area contributed by atoms with Crippen molar-refractivity contribution in [2.24, 2.45) is 5.92 Å². The topological polar surface area (TPSA) is 168 Å². The van der Waals surface area contributed by atoms with Gasteiger partial charge in [-0.2, -0.15) is 0 Å². The van der Waals surface area contributed by atoms with Crippen LogP contribution in [0.4, 0.5) is 11.4 Å². The van der Waals surface area contributed by atoms with Crippen LogP contribution in [-0.4, -0.2) is 74.6 Å². The number of sulfonamides is 1. The summed E-state index contributed by atoms with van der Waals surface area (Å²) in [7, 11) is -3.56. The Kier molecular flexibility index (Phi) is 9.13. The number of nitrogens with one attached hydrogen (secondary N) is 3. The summed E-state index contributed by atoms with van der Waals surface area (Å²) in [4.78, 5) is 24.8. The van der Waals surface area contributed by atoms with E-state index in [1.165, 1.54) is 12.1 Å². The summed E-state index contributed by atoms with van der Waals surface area (Å²) >= 11 is 0. The number of piperidine rings is 1. The third-order valence-electron chi connectivity index (χ3n) is 5.98. The van der Waals surface area contributed by atoms with E-state index in [1.807, 2.05) is 12.1 Å². The maximum atomic E-state index is 12.0. The van der Waals surface area contributed by atoms with Crippen molar-refractivity contribution in [3.05, 3.63) is 53.6 Å². The maximum Gasteiger partial charge on any atom is 0.322 e. The van der Waals surface area contributed by atoms with E-state index in [9.17, 15) is 28.2 Å². The third kappa shape index (κ3) is 8.11.